The van der Waals surface area contributed by atoms with E-state index in [1.54, 1.807) is 13.8 Å². The highest BCUT2D eigenvalue weighted by Gasteiger charge is 2.24. The fraction of sp³-hybridized carbons (Fsp3) is 0.273. The first-order valence-electron chi connectivity index (χ1n) is 4.81. The van der Waals surface area contributed by atoms with E-state index in [9.17, 15) is 9.18 Å². The molecule has 92 valence electrons. The summed E-state index contributed by atoms with van der Waals surface area (Å²) in [6, 6.07) is 0. The standard InChI is InChI=1S/C11H11BrFNO3/c1-4-17-6(3)7-5(2)9(12)14-10(13)8(7)11(15)16/h3-4H2,1-2H3,(H,15,16). The average molecular weight is 304 g/mol. The van der Waals surface area contributed by atoms with Crippen molar-refractivity contribution in [2.75, 3.05) is 6.61 Å². The summed E-state index contributed by atoms with van der Waals surface area (Å²) in [5, 5.41) is 8.99. The minimum absolute atomic E-state index is 0.115. The Morgan fingerprint density at radius 1 is 1.59 bits per heavy atom. The number of aromatic nitrogens is 1. The van der Waals surface area contributed by atoms with E-state index in [-0.39, 0.29) is 15.9 Å². The van der Waals surface area contributed by atoms with Crippen LogP contribution >= 0.6 is 15.9 Å². The molecule has 0 atom stereocenters. The third kappa shape index (κ3) is 2.63. The number of halogens is 2. The Balaban J connectivity index is 3.53. The molecule has 0 aliphatic rings. The zero-order valence-electron chi connectivity index (χ0n) is 9.38. The summed E-state index contributed by atoms with van der Waals surface area (Å²) in [5.74, 6) is -2.35. The summed E-state index contributed by atoms with van der Waals surface area (Å²) in [5.41, 5.74) is 0.0742. The average Bonchev–Trinajstić information content (AvgIpc) is 2.22. The summed E-state index contributed by atoms with van der Waals surface area (Å²) in [7, 11) is 0. The molecule has 1 aromatic rings. The SMILES string of the molecule is C=C(OCC)c1c(C)c(Br)nc(F)c1C(=O)O. The van der Waals surface area contributed by atoms with Crippen LogP contribution in [0.2, 0.25) is 0 Å². The molecule has 0 radical (unpaired) electrons. The van der Waals surface area contributed by atoms with Crippen LogP contribution in [0.15, 0.2) is 11.2 Å². The van der Waals surface area contributed by atoms with Gasteiger partial charge in [0.2, 0.25) is 5.95 Å². The first-order valence-corrected chi connectivity index (χ1v) is 5.60. The van der Waals surface area contributed by atoms with Crippen LogP contribution in [-0.2, 0) is 4.74 Å². The molecule has 1 heterocycles. The third-order valence-corrected chi connectivity index (χ3v) is 2.92. The number of carbonyl (C=O) groups is 1. The minimum Gasteiger partial charge on any atom is -0.494 e. The molecule has 0 unspecified atom stereocenters. The first kappa shape index (κ1) is 13.6. The molecule has 4 nitrogen and oxygen atoms in total. The number of rotatable bonds is 4. The van der Waals surface area contributed by atoms with Gasteiger partial charge in [0.05, 0.1) is 6.61 Å². The quantitative estimate of drug-likeness (QED) is 0.686. The summed E-state index contributed by atoms with van der Waals surface area (Å²) in [4.78, 5) is 14.5. The Morgan fingerprint density at radius 3 is 2.65 bits per heavy atom. The maximum atomic E-state index is 13.5. The van der Waals surface area contributed by atoms with Crippen LogP contribution in [0, 0.1) is 12.9 Å². The lowest BCUT2D eigenvalue weighted by atomic mass is 10.0. The van der Waals surface area contributed by atoms with E-state index in [2.05, 4.69) is 27.5 Å². The topological polar surface area (TPSA) is 59.4 Å². The van der Waals surface area contributed by atoms with E-state index < -0.39 is 17.5 Å². The van der Waals surface area contributed by atoms with E-state index >= 15 is 0 Å². The second kappa shape index (κ2) is 5.27. The number of hydrogen-bond donors (Lipinski definition) is 1. The molecule has 0 fully saturated rings. The predicted octanol–water partition coefficient (Wildman–Crippen LogP) is 3.00. The van der Waals surface area contributed by atoms with Crippen LogP contribution in [-0.4, -0.2) is 22.7 Å². The van der Waals surface area contributed by atoms with E-state index in [0.717, 1.165) is 0 Å². The minimum atomic E-state index is -1.40. The number of carboxylic acids is 1. The first-order chi connectivity index (χ1) is 7.90. The second-order valence-electron chi connectivity index (χ2n) is 3.23. The Morgan fingerprint density at radius 2 is 2.18 bits per heavy atom. The van der Waals surface area contributed by atoms with Gasteiger partial charge in [-0.2, -0.15) is 4.39 Å². The van der Waals surface area contributed by atoms with Gasteiger partial charge in [0.15, 0.2) is 0 Å². The molecule has 17 heavy (non-hydrogen) atoms. The maximum Gasteiger partial charge on any atom is 0.341 e. The van der Waals surface area contributed by atoms with Gasteiger partial charge < -0.3 is 9.84 Å². The van der Waals surface area contributed by atoms with E-state index in [4.69, 9.17) is 9.84 Å². The molecule has 6 heteroatoms. The fourth-order valence-electron chi connectivity index (χ4n) is 1.41. The van der Waals surface area contributed by atoms with Crippen molar-refractivity contribution in [3.63, 3.8) is 0 Å². The molecular formula is C11H11BrFNO3. The largest absolute Gasteiger partial charge is 0.494 e. The second-order valence-corrected chi connectivity index (χ2v) is 3.98. The number of ether oxygens (including phenoxy) is 1. The van der Waals surface area contributed by atoms with Gasteiger partial charge in [0.25, 0.3) is 0 Å². The number of nitrogens with zero attached hydrogens (tertiary/aromatic N) is 1. The Hall–Kier alpha value is -1.43. The zero-order valence-corrected chi connectivity index (χ0v) is 11.0. The smallest absolute Gasteiger partial charge is 0.341 e. The van der Waals surface area contributed by atoms with Crippen molar-refractivity contribution in [2.24, 2.45) is 0 Å². The van der Waals surface area contributed by atoms with Crippen molar-refractivity contribution >= 4 is 27.7 Å². The Labute approximate surface area is 106 Å². The van der Waals surface area contributed by atoms with Gasteiger partial charge in [-0.3, -0.25) is 0 Å². The van der Waals surface area contributed by atoms with Crippen molar-refractivity contribution in [2.45, 2.75) is 13.8 Å². The molecule has 1 rings (SSSR count). The van der Waals surface area contributed by atoms with Crippen LogP contribution in [0.4, 0.5) is 4.39 Å². The summed E-state index contributed by atoms with van der Waals surface area (Å²) in [6.07, 6.45) is 0. The van der Waals surface area contributed by atoms with Crippen molar-refractivity contribution in [3.05, 3.63) is 33.8 Å². The van der Waals surface area contributed by atoms with Crippen molar-refractivity contribution in [1.29, 1.82) is 0 Å². The highest BCUT2D eigenvalue weighted by atomic mass is 79.9. The van der Waals surface area contributed by atoms with Crippen LogP contribution in [0.5, 0.6) is 0 Å². The summed E-state index contributed by atoms with van der Waals surface area (Å²) < 4.78 is 18.9. The molecule has 1 aromatic heterocycles. The Kier molecular flexibility index (Phi) is 4.22. The van der Waals surface area contributed by atoms with Crippen LogP contribution in [0.3, 0.4) is 0 Å². The zero-order chi connectivity index (χ0) is 13.2. The third-order valence-electron chi connectivity index (χ3n) is 2.15. The summed E-state index contributed by atoms with van der Waals surface area (Å²) >= 11 is 3.06. The molecule has 0 saturated heterocycles. The fourth-order valence-corrected chi connectivity index (χ4v) is 1.76. The van der Waals surface area contributed by atoms with Crippen LogP contribution in [0.1, 0.15) is 28.4 Å². The summed E-state index contributed by atoms with van der Waals surface area (Å²) in [6.45, 7) is 7.26. The van der Waals surface area contributed by atoms with Crippen LogP contribution in [0.25, 0.3) is 5.76 Å². The van der Waals surface area contributed by atoms with Gasteiger partial charge >= 0.3 is 5.97 Å². The van der Waals surface area contributed by atoms with Gasteiger partial charge in [-0.1, -0.05) is 6.58 Å². The molecule has 0 bridgehead atoms. The number of pyridine rings is 1. The number of aromatic carboxylic acids is 1. The van der Waals surface area contributed by atoms with Crippen molar-refractivity contribution in [1.82, 2.24) is 4.98 Å². The normalized spacial score (nSPS) is 10.1. The van der Waals surface area contributed by atoms with E-state index in [0.29, 0.717) is 12.2 Å². The molecule has 0 aromatic carbocycles. The molecule has 0 amide bonds. The number of carboxylic acid groups (broad SMARTS) is 1. The molecule has 0 spiro atoms. The van der Waals surface area contributed by atoms with Crippen molar-refractivity contribution < 1.29 is 19.0 Å². The van der Waals surface area contributed by atoms with E-state index in [1.807, 2.05) is 0 Å². The van der Waals surface area contributed by atoms with E-state index in [1.165, 1.54) is 0 Å². The highest BCUT2D eigenvalue weighted by molar-refractivity contribution is 9.10. The maximum absolute atomic E-state index is 13.5. The van der Waals surface area contributed by atoms with Gasteiger partial charge in [0.1, 0.15) is 15.9 Å². The lowest BCUT2D eigenvalue weighted by Crippen LogP contribution is -2.11. The van der Waals surface area contributed by atoms with Gasteiger partial charge in [-0.15, -0.1) is 0 Å². The molecule has 1 N–H and O–H groups in total. The predicted molar refractivity (Wildman–Crippen MR) is 64.3 cm³/mol. The van der Waals surface area contributed by atoms with Crippen molar-refractivity contribution in [3.8, 4) is 0 Å². The van der Waals surface area contributed by atoms with Gasteiger partial charge in [-0.05, 0) is 35.3 Å². The molecule has 0 saturated carbocycles. The van der Waals surface area contributed by atoms with Gasteiger partial charge in [-0.25, -0.2) is 9.78 Å². The molecular weight excluding hydrogens is 293 g/mol. The van der Waals surface area contributed by atoms with Crippen LogP contribution < -0.4 is 0 Å². The Bertz CT molecular complexity index is 488. The molecule has 0 aliphatic carbocycles. The lowest BCUT2D eigenvalue weighted by Gasteiger charge is -2.14. The van der Waals surface area contributed by atoms with Gasteiger partial charge in [0, 0.05) is 5.56 Å². The molecule has 0 aliphatic heterocycles. The highest BCUT2D eigenvalue weighted by Crippen LogP contribution is 2.29. The number of hydrogen-bond acceptors (Lipinski definition) is 3. The lowest BCUT2D eigenvalue weighted by molar-refractivity contribution is 0.0689. The monoisotopic (exact) mass is 303 g/mol.